The van der Waals surface area contributed by atoms with Crippen molar-refractivity contribution in [3.8, 4) is 0 Å². The van der Waals surface area contributed by atoms with Crippen LogP contribution >= 0.6 is 0 Å². The van der Waals surface area contributed by atoms with E-state index in [2.05, 4.69) is 6.08 Å². The van der Waals surface area contributed by atoms with Crippen molar-refractivity contribution >= 4 is 15.7 Å². The third kappa shape index (κ3) is 1.23. The minimum Gasteiger partial charge on any atom is -0.263 e. The third-order valence-electron chi connectivity index (χ3n) is 3.34. The van der Waals surface area contributed by atoms with Gasteiger partial charge in [-0.3, -0.25) is 4.31 Å². The van der Waals surface area contributed by atoms with Crippen LogP contribution in [0.15, 0.2) is 36.4 Å². The van der Waals surface area contributed by atoms with Gasteiger partial charge in [-0.15, -0.1) is 0 Å². The zero-order valence-electron chi connectivity index (χ0n) is 9.00. The molecule has 2 aliphatic rings. The third-order valence-corrected chi connectivity index (χ3v) is 4.49. The first-order valence-corrected chi connectivity index (χ1v) is 7.19. The number of allylic oxidation sites excluding steroid dienone is 1. The molecule has 0 aromatic heterocycles. The summed E-state index contributed by atoms with van der Waals surface area (Å²) in [6.07, 6.45) is 6.29. The number of fused-ring (bicyclic) bond motifs is 3. The van der Waals surface area contributed by atoms with Crippen LogP contribution in [-0.2, 0) is 10.0 Å². The maximum atomic E-state index is 11.8. The maximum absolute atomic E-state index is 11.8. The van der Waals surface area contributed by atoms with Crippen molar-refractivity contribution in [2.24, 2.45) is 0 Å². The van der Waals surface area contributed by atoms with E-state index in [4.69, 9.17) is 0 Å². The molecule has 0 saturated heterocycles. The average molecular weight is 235 g/mol. The van der Waals surface area contributed by atoms with Crippen molar-refractivity contribution < 1.29 is 8.42 Å². The maximum Gasteiger partial charge on any atom is 0.232 e. The number of sulfonamides is 1. The SMILES string of the molecule is CS(=O)(=O)N1c2ccccc2C2CC=CC21. The predicted molar refractivity (Wildman–Crippen MR) is 64.1 cm³/mol. The molecule has 0 fully saturated rings. The van der Waals surface area contributed by atoms with Crippen molar-refractivity contribution in [3.05, 3.63) is 42.0 Å². The molecule has 0 N–H and O–H groups in total. The lowest BCUT2D eigenvalue weighted by molar-refractivity contribution is 0.588. The van der Waals surface area contributed by atoms with Crippen LogP contribution in [0.25, 0.3) is 0 Å². The molecule has 84 valence electrons. The Labute approximate surface area is 95.4 Å². The first-order chi connectivity index (χ1) is 7.59. The summed E-state index contributed by atoms with van der Waals surface area (Å²) in [5.74, 6) is 0.311. The molecule has 0 spiro atoms. The fourth-order valence-corrected chi connectivity index (χ4v) is 3.94. The van der Waals surface area contributed by atoms with Crippen molar-refractivity contribution in [3.63, 3.8) is 0 Å². The molecule has 0 bridgehead atoms. The highest BCUT2D eigenvalue weighted by atomic mass is 32.2. The molecule has 0 amide bonds. The lowest BCUT2D eigenvalue weighted by atomic mass is 9.97. The van der Waals surface area contributed by atoms with E-state index in [1.54, 1.807) is 4.31 Å². The molecular weight excluding hydrogens is 222 g/mol. The van der Waals surface area contributed by atoms with Crippen molar-refractivity contribution in [2.45, 2.75) is 18.4 Å². The van der Waals surface area contributed by atoms with Gasteiger partial charge >= 0.3 is 0 Å². The van der Waals surface area contributed by atoms with Gasteiger partial charge < -0.3 is 0 Å². The molecule has 1 aliphatic carbocycles. The summed E-state index contributed by atoms with van der Waals surface area (Å²) in [7, 11) is -3.19. The van der Waals surface area contributed by atoms with Crippen LogP contribution in [0, 0.1) is 0 Å². The molecule has 1 heterocycles. The first kappa shape index (κ1) is 9.90. The number of hydrogen-bond donors (Lipinski definition) is 0. The quantitative estimate of drug-likeness (QED) is 0.697. The zero-order chi connectivity index (χ0) is 11.3. The molecule has 16 heavy (non-hydrogen) atoms. The highest BCUT2D eigenvalue weighted by molar-refractivity contribution is 7.92. The van der Waals surface area contributed by atoms with Crippen LogP contribution in [-0.4, -0.2) is 20.7 Å². The molecule has 3 nitrogen and oxygen atoms in total. The van der Waals surface area contributed by atoms with Crippen LogP contribution < -0.4 is 4.31 Å². The molecule has 2 atom stereocenters. The molecule has 0 saturated carbocycles. The fraction of sp³-hybridized carbons (Fsp3) is 0.333. The fourth-order valence-electron chi connectivity index (χ4n) is 2.75. The molecule has 1 aromatic carbocycles. The van der Waals surface area contributed by atoms with Crippen molar-refractivity contribution in [2.75, 3.05) is 10.6 Å². The van der Waals surface area contributed by atoms with Gasteiger partial charge in [0.15, 0.2) is 0 Å². The molecule has 0 radical (unpaired) electrons. The topological polar surface area (TPSA) is 37.4 Å². The van der Waals surface area contributed by atoms with Gasteiger partial charge in [-0.05, 0) is 18.1 Å². The van der Waals surface area contributed by atoms with Gasteiger partial charge in [0.05, 0.1) is 18.0 Å². The van der Waals surface area contributed by atoms with Gasteiger partial charge in [-0.2, -0.15) is 0 Å². The van der Waals surface area contributed by atoms with E-state index < -0.39 is 10.0 Å². The van der Waals surface area contributed by atoms with Crippen molar-refractivity contribution in [1.29, 1.82) is 0 Å². The van der Waals surface area contributed by atoms with E-state index in [-0.39, 0.29) is 6.04 Å². The van der Waals surface area contributed by atoms with Gasteiger partial charge in [0.2, 0.25) is 10.0 Å². The Morgan fingerprint density at radius 1 is 1.31 bits per heavy atom. The minimum atomic E-state index is -3.19. The lowest BCUT2D eigenvalue weighted by Crippen LogP contribution is -2.35. The molecular formula is C12H13NO2S. The average Bonchev–Trinajstić information content (AvgIpc) is 2.73. The number of benzene rings is 1. The number of anilines is 1. The van der Waals surface area contributed by atoms with E-state index >= 15 is 0 Å². The van der Waals surface area contributed by atoms with Gasteiger partial charge in [-0.1, -0.05) is 30.4 Å². The molecule has 4 heteroatoms. The molecule has 1 aliphatic heterocycles. The Bertz CT molecular complexity index is 562. The summed E-state index contributed by atoms with van der Waals surface area (Å²) in [5, 5.41) is 0. The summed E-state index contributed by atoms with van der Waals surface area (Å²) in [4.78, 5) is 0. The van der Waals surface area contributed by atoms with E-state index in [9.17, 15) is 8.42 Å². The molecule has 3 rings (SSSR count). The summed E-state index contributed by atoms with van der Waals surface area (Å²) < 4.78 is 25.2. The van der Waals surface area contributed by atoms with E-state index in [0.29, 0.717) is 5.92 Å². The Morgan fingerprint density at radius 3 is 2.81 bits per heavy atom. The van der Waals surface area contributed by atoms with Crippen LogP contribution in [0.2, 0.25) is 0 Å². The number of para-hydroxylation sites is 1. The Kier molecular flexibility index (Phi) is 1.92. The second kappa shape index (κ2) is 3.10. The minimum absolute atomic E-state index is 0.00704. The van der Waals surface area contributed by atoms with Crippen molar-refractivity contribution in [1.82, 2.24) is 0 Å². The zero-order valence-corrected chi connectivity index (χ0v) is 9.81. The largest absolute Gasteiger partial charge is 0.263 e. The van der Waals surface area contributed by atoms with Gasteiger partial charge in [0.1, 0.15) is 0 Å². The van der Waals surface area contributed by atoms with E-state index in [1.807, 2.05) is 30.3 Å². The highest BCUT2D eigenvalue weighted by Crippen LogP contribution is 2.47. The summed E-state index contributed by atoms with van der Waals surface area (Å²) in [6, 6.07) is 7.78. The summed E-state index contributed by atoms with van der Waals surface area (Å²) in [6.45, 7) is 0. The second-order valence-electron chi connectivity index (χ2n) is 4.38. The van der Waals surface area contributed by atoms with E-state index in [1.165, 1.54) is 6.26 Å². The van der Waals surface area contributed by atoms with Crippen LogP contribution in [0.5, 0.6) is 0 Å². The highest BCUT2D eigenvalue weighted by Gasteiger charge is 2.42. The van der Waals surface area contributed by atoms with Crippen LogP contribution in [0.1, 0.15) is 17.9 Å². The molecule has 2 unspecified atom stereocenters. The second-order valence-corrected chi connectivity index (χ2v) is 6.24. The Hall–Kier alpha value is -1.29. The summed E-state index contributed by atoms with van der Waals surface area (Å²) in [5.41, 5.74) is 2.01. The Morgan fingerprint density at radius 2 is 2.06 bits per heavy atom. The predicted octanol–water partition coefficient (Wildman–Crippen LogP) is 1.88. The van der Waals surface area contributed by atoms with Crippen LogP contribution in [0.3, 0.4) is 0 Å². The van der Waals surface area contributed by atoms with Gasteiger partial charge in [0, 0.05) is 5.92 Å². The lowest BCUT2D eigenvalue weighted by Gasteiger charge is -2.23. The standard InChI is InChI=1S/C12H13NO2S/c1-16(14,15)13-11-7-3-2-5-9(11)10-6-4-8-12(10)13/h2-5,7-8,10,12H,6H2,1H3. The smallest absolute Gasteiger partial charge is 0.232 e. The normalized spacial score (nSPS) is 26.9. The number of hydrogen-bond acceptors (Lipinski definition) is 2. The summed E-state index contributed by atoms with van der Waals surface area (Å²) >= 11 is 0. The molecule has 1 aromatic rings. The van der Waals surface area contributed by atoms with Gasteiger partial charge in [0.25, 0.3) is 0 Å². The first-order valence-electron chi connectivity index (χ1n) is 5.34. The number of rotatable bonds is 1. The van der Waals surface area contributed by atoms with Gasteiger partial charge in [-0.25, -0.2) is 8.42 Å². The monoisotopic (exact) mass is 235 g/mol. The van der Waals surface area contributed by atoms with E-state index in [0.717, 1.165) is 17.7 Å². The van der Waals surface area contributed by atoms with Crippen LogP contribution in [0.4, 0.5) is 5.69 Å². The number of nitrogens with zero attached hydrogens (tertiary/aromatic N) is 1. The Balaban J connectivity index is 2.22.